The number of para-hydroxylation sites is 1. The molecule has 0 radical (unpaired) electrons. The standard InChI is InChI=1S/C16H16O6/c1-9(15(19)21-3)13(10(2)16(20)22-4)14(18)11-7-5-6-8-12(11)17/h5-8,13,17H,1-2H2,3-4H3. The molecule has 1 N–H and O–H groups in total. The lowest BCUT2D eigenvalue weighted by molar-refractivity contribution is -0.137. The Balaban J connectivity index is 3.32. The summed E-state index contributed by atoms with van der Waals surface area (Å²) in [5.74, 6) is -4.09. The van der Waals surface area contributed by atoms with E-state index in [-0.39, 0.29) is 22.5 Å². The van der Waals surface area contributed by atoms with Gasteiger partial charge < -0.3 is 14.6 Å². The number of hydrogen-bond acceptors (Lipinski definition) is 6. The van der Waals surface area contributed by atoms with Gasteiger partial charge in [0.2, 0.25) is 0 Å². The summed E-state index contributed by atoms with van der Waals surface area (Å²) in [4.78, 5) is 35.9. The predicted molar refractivity (Wildman–Crippen MR) is 78.2 cm³/mol. The molecule has 0 saturated carbocycles. The number of phenols is 1. The topological polar surface area (TPSA) is 89.9 Å². The fourth-order valence-electron chi connectivity index (χ4n) is 1.86. The smallest absolute Gasteiger partial charge is 0.334 e. The summed E-state index contributed by atoms with van der Waals surface area (Å²) >= 11 is 0. The molecule has 1 aromatic rings. The first-order valence-corrected chi connectivity index (χ1v) is 6.21. The molecule has 0 saturated heterocycles. The first-order valence-electron chi connectivity index (χ1n) is 6.21. The van der Waals surface area contributed by atoms with Gasteiger partial charge in [0, 0.05) is 11.1 Å². The molecule has 0 aliphatic rings. The lowest BCUT2D eigenvalue weighted by Gasteiger charge is -2.18. The molecule has 0 aromatic heterocycles. The van der Waals surface area contributed by atoms with E-state index in [1.807, 2.05) is 0 Å². The summed E-state index contributed by atoms with van der Waals surface area (Å²) in [6, 6.07) is 5.74. The number of carbonyl (C=O) groups excluding carboxylic acids is 3. The molecule has 0 aliphatic heterocycles. The largest absolute Gasteiger partial charge is 0.507 e. The lowest BCUT2D eigenvalue weighted by Crippen LogP contribution is -2.27. The highest BCUT2D eigenvalue weighted by atomic mass is 16.5. The second-order valence-electron chi connectivity index (χ2n) is 4.35. The van der Waals surface area contributed by atoms with E-state index < -0.39 is 23.6 Å². The van der Waals surface area contributed by atoms with Gasteiger partial charge >= 0.3 is 11.9 Å². The van der Waals surface area contributed by atoms with Crippen LogP contribution in [0.4, 0.5) is 0 Å². The second kappa shape index (κ2) is 7.21. The second-order valence-corrected chi connectivity index (χ2v) is 4.35. The van der Waals surface area contributed by atoms with E-state index in [2.05, 4.69) is 22.6 Å². The minimum absolute atomic E-state index is 0.0670. The van der Waals surface area contributed by atoms with E-state index in [9.17, 15) is 19.5 Å². The zero-order valence-corrected chi connectivity index (χ0v) is 12.3. The van der Waals surface area contributed by atoms with Crippen molar-refractivity contribution in [1.82, 2.24) is 0 Å². The van der Waals surface area contributed by atoms with Crippen molar-refractivity contribution in [2.75, 3.05) is 14.2 Å². The van der Waals surface area contributed by atoms with Crippen molar-refractivity contribution < 1.29 is 29.0 Å². The molecule has 6 heteroatoms. The first kappa shape index (κ1) is 17.2. The first-order chi connectivity index (χ1) is 10.3. The molecule has 22 heavy (non-hydrogen) atoms. The Bertz CT molecular complexity index is 616. The molecular weight excluding hydrogens is 288 g/mol. The Morgan fingerprint density at radius 1 is 1.00 bits per heavy atom. The predicted octanol–water partition coefficient (Wildman–Crippen LogP) is 1.65. The summed E-state index contributed by atoms with van der Waals surface area (Å²) in [7, 11) is 2.24. The highest BCUT2D eigenvalue weighted by Crippen LogP contribution is 2.28. The average Bonchev–Trinajstić information content (AvgIpc) is 2.53. The number of ketones is 1. The maximum atomic E-state index is 12.6. The van der Waals surface area contributed by atoms with Crippen LogP contribution >= 0.6 is 0 Å². The maximum absolute atomic E-state index is 12.6. The lowest BCUT2D eigenvalue weighted by atomic mass is 9.85. The van der Waals surface area contributed by atoms with Crippen LogP contribution in [0.25, 0.3) is 0 Å². The van der Waals surface area contributed by atoms with Crippen molar-refractivity contribution in [3.05, 3.63) is 54.1 Å². The molecular formula is C16H16O6. The zero-order valence-electron chi connectivity index (χ0n) is 12.3. The van der Waals surface area contributed by atoms with Crippen LogP contribution in [0, 0.1) is 5.92 Å². The molecule has 6 nitrogen and oxygen atoms in total. The van der Waals surface area contributed by atoms with Crippen molar-refractivity contribution in [3.63, 3.8) is 0 Å². The summed E-state index contributed by atoms with van der Waals surface area (Å²) in [6.07, 6.45) is 0. The molecule has 0 atom stereocenters. The third-order valence-corrected chi connectivity index (χ3v) is 3.02. The van der Waals surface area contributed by atoms with Gasteiger partial charge in [0.1, 0.15) is 5.75 Å². The Morgan fingerprint density at radius 3 is 1.86 bits per heavy atom. The number of rotatable bonds is 6. The van der Waals surface area contributed by atoms with E-state index in [4.69, 9.17) is 0 Å². The quantitative estimate of drug-likeness (QED) is 0.488. The molecule has 0 unspecified atom stereocenters. The molecule has 0 spiro atoms. The van der Waals surface area contributed by atoms with E-state index in [1.54, 1.807) is 0 Å². The SMILES string of the molecule is C=C(C(=O)OC)C(C(=C)C(=O)OC)C(=O)c1ccccc1O. The highest BCUT2D eigenvalue weighted by Gasteiger charge is 2.34. The molecule has 1 rings (SSSR count). The van der Waals surface area contributed by atoms with Crippen LogP contribution < -0.4 is 0 Å². The van der Waals surface area contributed by atoms with Gasteiger partial charge in [-0.25, -0.2) is 9.59 Å². The third kappa shape index (κ3) is 3.41. The van der Waals surface area contributed by atoms with E-state index >= 15 is 0 Å². The Morgan fingerprint density at radius 2 is 1.45 bits per heavy atom. The number of aromatic hydroxyl groups is 1. The molecule has 1 aromatic carbocycles. The minimum atomic E-state index is -1.38. The van der Waals surface area contributed by atoms with Crippen molar-refractivity contribution >= 4 is 17.7 Å². The van der Waals surface area contributed by atoms with Crippen LogP contribution in [0.2, 0.25) is 0 Å². The van der Waals surface area contributed by atoms with Crippen molar-refractivity contribution in [2.45, 2.75) is 0 Å². The van der Waals surface area contributed by atoms with Gasteiger partial charge in [-0.1, -0.05) is 25.3 Å². The van der Waals surface area contributed by atoms with Gasteiger partial charge in [-0.2, -0.15) is 0 Å². The summed E-state index contributed by atoms with van der Waals surface area (Å²) in [6.45, 7) is 6.99. The van der Waals surface area contributed by atoms with Crippen LogP contribution in [0.1, 0.15) is 10.4 Å². The van der Waals surface area contributed by atoms with Gasteiger partial charge in [0.15, 0.2) is 5.78 Å². The molecule has 0 heterocycles. The van der Waals surface area contributed by atoms with Crippen molar-refractivity contribution in [1.29, 1.82) is 0 Å². The number of carbonyl (C=O) groups is 3. The van der Waals surface area contributed by atoms with Crippen molar-refractivity contribution in [3.8, 4) is 5.75 Å². The number of hydrogen-bond donors (Lipinski definition) is 1. The monoisotopic (exact) mass is 304 g/mol. The summed E-state index contributed by atoms with van der Waals surface area (Å²) in [5, 5.41) is 9.77. The number of phenolic OH excluding ortho intramolecular Hbond substituents is 1. The van der Waals surface area contributed by atoms with Gasteiger partial charge in [0.25, 0.3) is 0 Å². The fourth-order valence-corrected chi connectivity index (χ4v) is 1.86. The Hall–Kier alpha value is -2.89. The van der Waals surface area contributed by atoms with Gasteiger partial charge in [-0.3, -0.25) is 4.79 Å². The van der Waals surface area contributed by atoms with Gasteiger partial charge in [0.05, 0.1) is 25.7 Å². The fraction of sp³-hybridized carbons (Fsp3) is 0.188. The number of benzene rings is 1. The van der Waals surface area contributed by atoms with Crippen LogP contribution in [0.5, 0.6) is 5.75 Å². The average molecular weight is 304 g/mol. The highest BCUT2D eigenvalue weighted by molar-refractivity contribution is 6.12. The molecule has 116 valence electrons. The normalized spacial score (nSPS) is 9.95. The third-order valence-electron chi connectivity index (χ3n) is 3.02. The summed E-state index contributed by atoms with van der Waals surface area (Å²) in [5.41, 5.74) is -0.611. The number of esters is 2. The van der Waals surface area contributed by atoms with E-state index in [0.29, 0.717) is 0 Å². The molecule has 0 bridgehead atoms. The summed E-state index contributed by atoms with van der Waals surface area (Å²) < 4.78 is 9.05. The van der Waals surface area contributed by atoms with Gasteiger partial charge in [-0.15, -0.1) is 0 Å². The molecule has 0 fully saturated rings. The van der Waals surface area contributed by atoms with E-state index in [1.165, 1.54) is 24.3 Å². The Labute approximate surface area is 127 Å². The van der Waals surface area contributed by atoms with Crippen LogP contribution in [-0.2, 0) is 19.1 Å². The van der Waals surface area contributed by atoms with Crippen LogP contribution in [-0.4, -0.2) is 37.0 Å². The van der Waals surface area contributed by atoms with Gasteiger partial charge in [-0.05, 0) is 12.1 Å². The number of methoxy groups -OCH3 is 2. The molecule has 0 amide bonds. The van der Waals surface area contributed by atoms with E-state index in [0.717, 1.165) is 14.2 Å². The minimum Gasteiger partial charge on any atom is -0.507 e. The Kier molecular flexibility index (Phi) is 5.63. The van der Waals surface area contributed by atoms with Crippen molar-refractivity contribution in [2.24, 2.45) is 5.92 Å². The number of Topliss-reactive ketones (excluding diaryl/α,β-unsaturated/α-hetero) is 1. The maximum Gasteiger partial charge on any atom is 0.334 e. The molecule has 0 aliphatic carbocycles. The van der Waals surface area contributed by atoms with Crippen LogP contribution in [0.15, 0.2) is 48.6 Å². The van der Waals surface area contributed by atoms with Crippen LogP contribution in [0.3, 0.4) is 0 Å². The zero-order chi connectivity index (χ0) is 16.9. The number of ether oxygens (including phenoxy) is 2.